The van der Waals surface area contributed by atoms with Gasteiger partial charge in [-0.15, -0.1) is 0 Å². The van der Waals surface area contributed by atoms with E-state index in [-0.39, 0.29) is 5.92 Å². The van der Waals surface area contributed by atoms with E-state index in [1.54, 1.807) is 12.6 Å². The van der Waals surface area contributed by atoms with Crippen molar-refractivity contribution in [3.63, 3.8) is 0 Å². The van der Waals surface area contributed by atoms with E-state index in [2.05, 4.69) is 24.1 Å². The Hall–Kier alpha value is -1.43. The molecule has 23 heavy (non-hydrogen) atoms. The van der Waals surface area contributed by atoms with Crippen LogP contribution < -0.4 is 5.48 Å². The van der Waals surface area contributed by atoms with Gasteiger partial charge in [0, 0.05) is 43.7 Å². The average Bonchev–Trinajstić information content (AvgIpc) is 3.02. The molecule has 2 aliphatic rings. The smallest absolute Gasteiger partial charge is 0.226 e. The number of nitrogens with two attached hydrogens (primary N) is 1. The third kappa shape index (κ3) is 4.10. The van der Waals surface area contributed by atoms with Crippen molar-refractivity contribution >= 4 is 11.6 Å². The third-order valence-corrected chi connectivity index (χ3v) is 4.64. The highest BCUT2D eigenvalue weighted by Crippen LogP contribution is 2.31. The summed E-state index contributed by atoms with van der Waals surface area (Å²) in [6.07, 6.45) is 1.71. The summed E-state index contributed by atoms with van der Waals surface area (Å²) in [5.74, 6) is 0.428. The van der Waals surface area contributed by atoms with Gasteiger partial charge < -0.3 is 9.80 Å². The highest BCUT2D eigenvalue weighted by Gasteiger charge is 2.33. The Morgan fingerprint density at radius 2 is 1.87 bits per heavy atom. The van der Waals surface area contributed by atoms with Gasteiger partial charge in [0.25, 0.3) is 0 Å². The van der Waals surface area contributed by atoms with Crippen LogP contribution in [0, 0.1) is 5.92 Å². The zero-order valence-corrected chi connectivity index (χ0v) is 14.8. The number of hydrogen-bond acceptors (Lipinski definition) is 3. The largest absolute Gasteiger partial charge is 0.340 e. The van der Waals surface area contributed by atoms with Crippen molar-refractivity contribution in [1.82, 2.24) is 9.80 Å². The maximum atomic E-state index is 12.7. The fourth-order valence-electron chi connectivity index (χ4n) is 3.38. The molecule has 1 saturated heterocycles. The molecule has 5 nitrogen and oxygen atoms in total. The highest BCUT2D eigenvalue weighted by molar-refractivity contribution is 5.81. The molecule has 0 radical (unpaired) electrons. The van der Waals surface area contributed by atoms with E-state index in [4.69, 9.17) is 4.84 Å². The van der Waals surface area contributed by atoms with Gasteiger partial charge in [-0.25, -0.2) is 4.84 Å². The molecule has 5 heteroatoms. The lowest BCUT2D eigenvalue weighted by Crippen LogP contribution is -2.76. The molecule has 0 bridgehead atoms. The topological polar surface area (TPSA) is 49.4 Å². The molecule has 1 amide bonds. The molecule has 0 saturated carbocycles. The number of nitrogens with zero attached hydrogens (tertiary/aromatic N) is 2. The van der Waals surface area contributed by atoms with Crippen molar-refractivity contribution in [3.8, 4) is 0 Å². The molecule has 2 N–H and O–H groups in total. The van der Waals surface area contributed by atoms with E-state index in [0.717, 1.165) is 44.7 Å². The van der Waals surface area contributed by atoms with Crippen LogP contribution in [-0.4, -0.2) is 56.0 Å². The molecule has 0 spiro atoms. The zero-order valence-electron chi connectivity index (χ0n) is 14.8. The molecule has 1 unspecified atom stereocenters. The molecule has 0 aromatic heterocycles. The van der Waals surface area contributed by atoms with E-state index in [1.807, 2.05) is 24.8 Å². The first-order valence-electron chi connectivity index (χ1n) is 8.63. The first-order valence-corrected chi connectivity index (χ1v) is 8.63. The summed E-state index contributed by atoms with van der Waals surface area (Å²) >= 11 is 0. The van der Waals surface area contributed by atoms with Crippen LogP contribution in [0.1, 0.15) is 25.0 Å². The van der Waals surface area contributed by atoms with Crippen LogP contribution in [0.15, 0.2) is 18.2 Å². The molecule has 1 aliphatic carbocycles. The lowest BCUT2D eigenvalue weighted by Gasteiger charge is -2.34. The number of piperazine rings is 1. The number of rotatable bonds is 3. The van der Waals surface area contributed by atoms with Gasteiger partial charge in [0.2, 0.25) is 5.91 Å². The maximum Gasteiger partial charge on any atom is 0.226 e. The van der Waals surface area contributed by atoms with Crippen LogP contribution in [0.2, 0.25) is 0 Å². The Kier molecular flexibility index (Phi) is 6.57. The van der Waals surface area contributed by atoms with Crippen molar-refractivity contribution in [2.75, 3.05) is 40.3 Å². The van der Waals surface area contributed by atoms with Crippen molar-refractivity contribution < 1.29 is 15.1 Å². The second kappa shape index (κ2) is 8.43. The van der Waals surface area contributed by atoms with Crippen molar-refractivity contribution in [3.05, 3.63) is 29.3 Å². The van der Waals surface area contributed by atoms with Gasteiger partial charge in [0.05, 0.1) is 7.11 Å². The van der Waals surface area contributed by atoms with Crippen LogP contribution in [0.25, 0.3) is 0 Å². The van der Waals surface area contributed by atoms with E-state index < -0.39 is 0 Å². The Labute approximate surface area is 139 Å². The van der Waals surface area contributed by atoms with E-state index in [0.29, 0.717) is 5.91 Å². The summed E-state index contributed by atoms with van der Waals surface area (Å²) in [4.78, 5) is 22.2. The van der Waals surface area contributed by atoms with Crippen molar-refractivity contribution in [2.45, 2.75) is 26.7 Å². The molecule has 128 valence electrons. The highest BCUT2D eigenvalue weighted by atomic mass is 16.6. The monoisotopic (exact) mass is 320 g/mol. The third-order valence-electron chi connectivity index (χ3n) is 4.64. The first kappa shape index (κ1) is 17.9. The number of carbonyl (C=O) groups excluding carboxylic acids is 1. The first-order chi connectivity index (χ1) is 11.2. The summed E-state index contributed by atoms with van der Waals surface area (Å²) < 4.78 is 0. The minimum Gasteiger partial charge on any atom is -0.340 e. The summed E-state index contributed by atoms with van der Waals surface area (Å²) in [6.45, 7) is 7.68. The van der Waals surface area contributed by atoms with Gasteiger partial charge in [0.1, 0.15) is 0 Å². The average molecular weight is 320 g/mol. The van der Waals surface area contributed by atoms with Crippen LogP contribution in [0.4, 0.5) is 5.69 Å². The van der Waals surface area contributed by atoms with Crippen LogP contribution in [-0.2, 0) is 22.5 Å². The van der Waals surface area contributed by atoms with Gasteiger partial charge in [0.15, 0.2) is 5.69 Å². The van der Waals surface area contributed by atoms with Gasteiger partial charge in [-0.05, 0) is 25.5 Å². The fourth-order valence-corrected chi connectivity index (χ4v) is 3.38. The molecule has 1 heterocycles. The van der Waals surface area contributed by atoms with E-state index >= 15 is 0 Å². The number of amides is 1. The summed E-state index contributed by atoms with van der Waals surface area (Å²) in [5.41, 5.74) is 5.48. The molecule has 1 atom stereocenters. The zero-order chi connectivity index (χ0) is 16.8. The predicted octanol–water partition coefficient (Wildman–Crippen LogP) is 0.958. The lowest BCUT2D eigenvalue weighted by atomic mass is 10.0. The number of carbonyl (C=O) groups is 1. The van der Waals surface area contributed by atoms with Crippen molar-refractivity contribution in [1.29, 1.82) is 0 Å². The van der Waals surface area contributed by atoms with E-state index in [1.165, 1.54) is 11.1 Å². The minimum absolute atomic E-state index is 0.106. The molecule has 1 aromatic rings. The predicted molar refractivity (Wildman–Crippen MR) is 91.4 cm³/mol. The van der Waals surface area contributed by atoms with Gasteiger partial charge in [-0.1, -0.05) is 26.0 Å². The minimum atomic E-state index is 0.106. The summed E-state index contributed by atoms with van der Waals surface area (Å²) in [7, 11) is 3.78. The van der Waals surface area contributed by atoms with Gasteiger partial charge in [-0.2, -0.15) is 5.48 Å². The van der Waals surface area contributed by atoms with Crippen LogP contribution >= 0.6 is 0 Å². The van der Waals surface area contributed by atoms with Gasteiger partial charge in [-0.3, -0.25) is 4.79 Å². The Balaban J connectivity index is 0.000000924. The van der Waals surface area contributed by atoms with E-state index in [9.17, 15) is 4.79 Å². The Bertz CT molecular complexity index is 525. The second-order valence-electron chi connectivity index (χ2n) is 6.07. The number of benzene rings is 1. The molecule has 3 rings (SSSR count). The van der Waals surface area contributed by atoms with Crippen LogP contribution in [0.3, 0.4) is 0 Å². The number of quaternary nitrogens is 1. The second-order valence-corrected chi connectivity index (χ2v) is 6.07. The van der Waals surface area contributed by atoms with Crippen LogP contribution in [0.5, 0.6) is 0 Å². The SMILES string of the molecule is CC.CO[NH2+]c1cccc2c1CC(C(=O)N1CCN(C)CC1)C2. The Morgan fingerprint density at radius 1 is 1.17 bits per heavy atom. The Morgan fingerprint density at radius 3 is 2.52 bits per heavy atom. The summed E-state index contributed by atoms with van der Waals surface area (Å²) in [6, 6.07) is 6.25. The number of hydrogen-bond donors (Lipinski definition) is 1. The molecule has 1 fully saturated rings. The molecule has 1 aromatic carbocycles. The molecule has 1 aliphatic heterocycles. The maximum absolute atomic E-state index is 12.7. The molecular formula is C18H30N3O2+. The summed E-state index contributed by atoms with van der Waals surface area (Å²) in [5, 5.41) is 0. The number of likely N-dealkylation sites (N-methyl/N-ethyl adjacent to an activating group) is 1. The van der Waals surface area contributed by atoms with Gasteiger partial charge >= 0.3 is 0 Å². The normalized spacial score (nSPS) is 20.7. The quantitative estimate of drug-likeness (QED) is 0.667. The fraction of sp³-hybridized carbons (Fsp3) is 0.611. The lowest BCUT2D eigenvalue weighted by molar-refractivity contribution is -0.830. The van der Waals surface area contributed by atoms with Crippen molar-refractivity contribution in [2.24, 2.45) is 5.92 Å². The standard InChI is InChI=1S/C16H23N3O2.C2H6/c1-18-6-8-19(9-7-18)16(20)13-10-12-4-3-5-15(17-21-2)14(12)11-13;1-2/h3-5,13,17H,6-11H2,1-2H3;1-2H3/p+1. The number of fused-ring (bicyclic) bond motifs is 1. The molecular weight excluding hydrogens is 290 g/mol.